The Morgan fingerprint density at radius 1 is 1.15 bits per heavy atom. The first-order valence-electron chi connectivity index (χ1n) is 7.06. The molecule has 1 N–H and O–H groups in total. The minimum atomic E-state index is -0.395. The van der Waals surface area contributed by atoms with Crippen LogP contribution in [0.3, 0.4) is 0 Å². The van der Waals surface area contributed by atoms with Crippen molar-refractivity contribution in [1.29, 1.82) is 0 Å². The molecule has 1 aromatic carbocycles. The molecule has 0 amide bonds. The van der Waals surface area contributed by atoms with E-state index in [1.165, 1.54) is 6.42 Å². The van der Waals surface area contributed by atoms with Crippen LogP contribution >= 0.6 is 0 Å². The second-order valence-electron chi connectivity index (χ2n) is 5.49. The number of benzene rings is 1. The van der Waals surface area contributed by atoms with E-state index in [2.05, 4.69) is 0 Å². The van der Waals surface area contributed by atoms with Gasteiger partial charge in [0, 0.05) is 13.5 Å². The highest BCUT2D eigenvalue weighted by molar-refractivity contribution is 5.43. The summed E-state index contributed by atoms with van der Waals surface area (Å²) >= 11 is 0. The van der Waals surface area contributed by atoms with Gasteiger partial charge in [-0.05, 0) is 43.4 Å². The lowest BCUT2D eigenvalue weighted by Crippen LogP contribution is -2.42. The third kappa shape index (κ3) is 3.25. The first kappa shape index (κ1) is 15.1. The lowest BCUT2D eigenvalue weighted by Gasteiger charge is -2.41. The number of aliphatic hydroxyl groups excluding tert-OH is 1. The zero-order valence-electron chi connectivity index (χ0n) is 12.5. The van der Waals surface area contributed by atoms with E-state index in [-0.39, 0.29) is 5.60 Å². The predicted molar refractivity (Wildman–Crippen MR) is 77.5 cm³/mol. The Balaban J connectivity index is 1.98. The summed E-state index contributed by atoms with van der Waals surface area (Å²) in [5.74, 6) is 1.40. The SMILES string of the molecule is COc1ccc(CC(O)CC2(OC)CCC2)cc1OC. The van der Waals surface area contributed by atoms with Crippen LogP contribution in [-0.4, -0.2) is 38.1 Å². The van der Waals surface area contributed by atoms with Gasteiger partial charge in [-0.2, -0.15) is 0 Å². The molecule has 1 fully saturated rings. The Labute approximate surface area is 120 Å². The molecule has 1 unspecified atom stereocenters. The highest BCUT2D eigenvalue weighted by Gasteiger charge is 2.38. The second-order valence-corrected chi connectivity index (χ2v) is 5.49. The number of methoxy groups -OCH3 is 3. The summed E-state index contributed by atoms with van der Waals surface area (Å²) in [6.07, 6.45) is 4.19. The summed E-state index contributed by atoms with van der Waals surface area (Å²) < 4.78 is 16.1. The summed E-state index contributed by atoms with van der Waals surface area (Å²) in [6, 6.07) is 5.75. The molecule has 4 heteroatoms. The maximum absolute atomic E-state index is 10.3. The Morgan fingerprint density at radius 2 is 1.85 bits per heavy atom. The molecule has 20 heavy (non-hydrogen) atoms. The van der Waals surface area contributed by atoms with Gasteiger partial charge in [-0.3, -0.25) is 0 Å². The van der Waals surface area contributed by atoms with Crippen molar-refractivity contribution in [2.45, 2.75) is 43.8 Å². The summed E-state index contributed by atoms with van der Waals surface area (Å²) in [4.78, 5) is 0. The van der Waals surface area contributed by atoms with E-state index in [1.54, 1.807) is 21.3 Å². The molecular weight excluding hydrogens is 256 g/mol. The number of hydrogen-bond donors (Lipinski definition) is 1. The quantitative estimate of drug-likeness (QED) is 0.834. The predicted octanol–water partition coefficient (Wildman–Crippen LogP) is 2.57. The summed E-state index contributed by atoms with van der Waals surface area (Å²) in [5, 5.41) is 10.3. The zero-order chi connectivity index (χ0) is 14.6. The molecular formula is C16H24O4. The topological polar surface area (TPSA) is 47.9 Å². The molecule has 1 atom stereocenters. The van der Waals surface area contributed by atoms with Gasteiger partial charge in [0.1, 0.15) is 0 Å². The van der Waals surface area contributed by atoms with Crippen LogP contribution < -0.4 is 9.47 Å². The maximum atomic E-state index is 10.3. The van der Waals surface area contributed by atoms with Crippen molar-refractivity contribution >= 4 is 0 Å². The van der Waals surface area contributed by atoms with Crippen molar-refractivity contribution in [3.8, 4) is 11.5 Å². The van der Waals surface area contributed by atoms with Gasteiger partial charge in [-0.15, -0.1) is 0 Å². The van der Waals surface area contributed by atoms with E-state index in [1.807, 2.05) is 18.2 Å². The molecule has 1 aromatic rings. The molecule has 0 heterocycles. The van der Waals surface area contributed by atoms with Gasteiger partial charge in [-0.25, -0.2) is 0 Å². The average molecular weight is 280 g/mol. The summed E-state index contributed by atoms with van der Waals surface area (Å²) in [5.41, 5.74) is 0.941. The lowest BCUT2D eigenvalue weighted by atomic mass is 9.75. The highest BCUT2D eigenvalue weighted by Crippen LogP contribution is 2.39. The van der Waals surface area contributed by atoms with Crippen molar-refractivity contribution in [2.24, 2.45) is 0 Å². The second kappa shape index (κ2) is 6.46. The molecule has 1 aliphatic rings. The number of aliphatic hydroxyl groups is 1. The molecule has 0 saturated heterocycles. The monoisotopic (exact) mass is 280 g/mol. The van der Waals surface area contributed by atoms with Gasteiger partial charge < -0.3 is 19.3 Å². The smallest absolute Gasteiger partial charge is 0.160 e. The number of rotatable bonds is 7. The van der Waals surface area contributed by atoms with E-state index in [0.29, 0.717) is 24.3 Å². The zero-order valence-corrected chi connectivity index (χ0v) is 12.5. The van der Waals surface area contributed by atoms with Crippen molar-refractivity contribution in [1.82, 2.24) is 0 Å². The van der Waals surface area contributed by atoms with Crippen LogP contribution in [0.5, 0.6) is 11.5 Å². The van der Waals surface area contributed by atoms with Gasteiger partial charge in [-0.1, -0.05) is 6.07 Å². The van der Waals surface area contributed by atoms with Crippen molar-refractivity contribution in [3.05, 3.63) is 23.8 Å². The van der Waals surface area contributed by atoms with E-state index < -0.39 is 6.10 Å². The standard InChI is InChI=1S/C16H24O4/c1-18-14-6-5-12(10-15(14)19-2)9-13(17)11-16(20-3)7-4-8-16/h5-6,10,13,17H,4,7-9,11H2,1-3H3. The minimum absolute atomic E-state index is 0.101. The Morgan fingerprint density at radius 3 is 2.35 bits per heavy atom. The third-order valence-electron chi connectivity index (χ3n) is 4.22. The molecule has 0 aromatic heterocycles. The Bertz CT molecular complexity index is 435. The van der Waals surface area contributed by atoms with Crippen LogP contribution in [0, 0.1) is 0 Å². The average Bonchev–Trinajstić information content (AvgIpc) is 2.42. The molecule has 1 aliphatic carbocycles. The molecule has 0 radical (unpaired) electrons. The molecule has 0 spiro atoms. The lowest BCUT2D eigenvalue weighted by molar-refractivity contribution is -0.0989. The van der Waals surface area contributed by atoms with Crippen LogP contribution in [0.1, 0.15) is 31.2 Å². The first-order valence-corrected chi connectivity index (χ1v) is 7.06. The summed E-state index contributed by atoms with van der Waals surface area (Å²) in [6.45, 7) is 0. The fourth-order valence-electron chi connectivity index (χ4n) is 2.84. The Kier molecular flexibility index (Phi) is 4.89. The molecule has 4 nitrogen and oxygen atoms in total. The third-order valence-corrected chi connectivity index (χ3v) is 4.22. The van der Waals surface area contributed by atoms with E-state index >= 15 is 0 Å². The van der Waals surface area contributed by atoms with Gasteiger partial charge in [0.25, 0.3) is 0 Å². The van der Waals surface area contributed by atoms with Crippen LogP contribution in [0.25, 0.3) is 0 Å². The van der Waals surface area contributed by atoms with Crippen LogP contribution in [0.15, 0.2) is 18.2 Å². The molecule has 0 bridgehead atoms. The first-order chi connectivity index (χ1) is 9.62. The minimum Gasteiger partial charge on any atom is -0.493 e. The van der Waals surface area contributed by atoms with Crippen molar-refractivity contribution in [2.75, 3.05) is 21.3 Å². The molecule has 112 valence electrons. The fourth-order valence-corrected chi connectivity index (χ4v) is 2.84. The molecule has 2 rings (SSSR count). The number of ether oxygens (including phenoxy) is 3. The van der Waals surface area contributed by atoms with Gasteiger partial charge in [0.2, 0.25) is 0 Å². The van der Waals surface area contributed by atoms with Gasteiger partial charge in [0.15, 0.2) is 11.5 Å². The van der Waals surface area contributed by atoms with Gasteiger partial charge in [0.05, 0.1) is 25.9 Å². The summed E-state index contributed by atoms with van der Waals surface area (Å²) in [7, 11) is 4.97. The Hall–Kier alpha value is -1.26. The molecule has 0 aliphatic heterocycles. The molecule has 1 saturated carbocycles. The largest absolute Gasteiger partial charge is 0.493 e. The van der Waals surface area contributed by atoms with Crippen molar-refractivity contribution in [3.63, 3.8) is 0 Å². The number of hydrogen-bond acceptors (Lipinski definition) is 4. The van der Waals surface area contributed by atoms with E-state index in [4.69, 9.17) is 14.2 Å². The van der Waals surface area contributed by atoms with E-state index in [0.717, 1.165) is 18.4 Å². The fraction of sp³-hybridized carbons (Fsp3) is 0.625. The van der Waals surface area contributed by atoms with Crippen LogP contribution in [0.4, 0.5) is 0 Å². The van der Waals surface area contributed by atoms with Crippen LogP contribution in [-0.2, 0) is 11.2 Å². The van der Waals surface area contributed by atoms with Crippen molar-refractivity contribution < 1.29 is 19.3 Å². The van der Waals surface area contributed by atoms with Gasteiger partial charge >= 0.3 is 0 Å². The van der Waals surface area contributed by atoms with Crippen LogP contribution in [0.2, 0.25) is 0 Å². The normalized spacial score (nSPS) is 18.2. The highest BCUT2D eigenvalue weighted by atomic mass is 16.5. The van der Waals surface area contributed by atoms with E-state index in [9.17, 15) is 5.11 Å². The maximum Gasteiger partial charge on any atom is 0.160 e.